The summed E-state index contributed by atoms with van der Waals surface area (Å²) in [7, 11) is 1.59. The summed E-state index contributed by atoms with van der Waals surface area (Å²) in [6, 6.07) is 7.35. The van der Waals surface area contributed by atoms with Gasteiger partial charge in [-0.3, -0.25) is 9.48 Å². The van der Waals surface area contributed by atoms with Crippen LogP contribution in [0.5, 0.6) is 5.75 Å². The van der Waals surface area contributed by atoms with Crippen LogP contribution in [0.25, 0.3) is 0 Å². The van der Waals surface area contributed by atoms with E-state index in [0.29, 0.717) is 29.4 Å². The Kier molecular flexibility index (Phi) is 4.87. The first-order valence-corrected chi connectivity index (χ1v) is 9.41. The van der Waals surface area contributed by atoms with Gasteiger partial charge in [0.1, 0.15) is 5.75 Å². The van der Waals surface area contributed by atoms with E-state index < -0.39 is 0 Å². The molecule has 4 rings (SSSR count). The van der Waals surface area contributed by atoms with Crippen molar-refractivity contribution in [1.29, 1.82) is 0 Å². The van der Waals surface area contributed by atoms with Gasteiger partial charge in [0.05, 0.1) is 36.0 Å². The molecule has 2 aromatic rings. The number of methoxy groups -OCH3 is 1. The number of benzene rings is 1. The highest BCUT2D eigenvalue weighted by molar-refractivity contribution is 6.33. The van der Waals surface area contributed by atoms with Crippen LogP contribution in [0.3, 0.4) is 0 Å². The van der Waals surface area contributed by atoms with Crippen LogP contribution in [-0.4, -0.2) is 58.8 Å². The molecule has 1 fully saturated rings. The minimum atomic E-state index is -0.0622. The normalized spacial score (nSPS) is 20.2. The molecule has 1 aromatic carbocycles. The SMILES string of the molecule is COc1ccc(Cl)c(C(=O)N2Cc3ccnn3[C@@H](CN3CCCC3)C2)c1. The van der Waals surface area contributed by atoms with E-state index in [1.54, 1.807) is 25.3 Å². The molecule has 1 aromatic heterocycles. The van der Waals surface area contributed by atoms with E-state index in [0.717, 1.165) is 25.3 Å². The number of carbonyl (C=O) groups is 1. The van der Waals surface area contributed by atoms with E-state index in [4.69, 9.17) is 16.3 Å². The van der Waals surface area contributed by atoms with Gasteiger partial charge in [0.25, 0.3) is 5.91 Å². The Morgan fingerprint density at radius 1 is 1.31 bits per heavy atom. The fourth-order valence-electron chi connectivity index (χ4n) is 3.91. The lowest BCUT2D eigenvalue weighted by molar-refractivity contribution is 0.0646. The lowest BCUT2D eigenvalue weighted by atomic mass is 10.1. The maximum atomic E-state index is 13.1. The van der Waals surface area contributed by atoms with Gasteiger partial charge in [-0.05, 0) is 50.2 Å². The molecule has 7 heteroatoms. The van der Waals surface area contributed by atoms with Crippen LogP contribution in [0, 0.1) is 0 Å². The van der Waals surface area contributed by atoms with Crippen molar-refractivity contribution in [2.24, 2.45) is 0 Å². The highest BCUT2D eigenvalue weighted by Crippen LogP contribution is 2.28. The molecule has 2 aliphatic rings. The van der Waals surface area contributed by atoms with Gasteiger partial charge in [-0.1, -0.05) is 11.6 Å². The maximum absolute atomic E-state index is 13.1. The van der Waals surface area contributed by atoms with Crippen molar-refractivity contribution in [3.63, 3.8) is 0 Å². The molecule has 0 bridgehead atoms. The molecule has 0 radical (unpaired) electrons. The third-order valence-electron chi connectivity index (χ3n) is 5.24. The van der Waals surface area contributed by atoms with E-state index in [9.17, 15) is 4.79 Å². The van der Waals surface area contributed by atoms with E-state index in [1.165, 1.54) is 12.8 Å². The summed E-state index contributed by atoms with van der Waals surface area (Å²) in [5, 5.41) is 4.95. The molecule has 26 heavy (non-hydrogen) atoms. The third-order valence-corrected chi connectivity index (χ3v) is 5.57. The lowest BCUT2D eigenvalue weighted by Crippen LogP contribution is -2.45. The Morgan fingerprint density at radius 3 is 2.88 bits per heavy atom. The lowest BCUT2D eigenvalue weighted by Gasteiger charge is -2.36. The molecule has 0 unspecified atom stereocenters. The van der Waals surface area contributed by atoms with Gasteiger partial charge in [0.15, 0.2) is 0 Å². The van der Waals surface area contributed by atoms with Gasteiger partial charge in [0.2, 0.25) is 0 Å². The second-order valence-electron chi connectivity index (χ2n) is 6.96. The van der Waals surface area contributed by atoms with Crippen molar-refractivity contribution >= 4 is 17.5 Å². The minimum Gasteiger partial charge on any atom is -0.497 e. The molecule has 138 valence electrons. The van der Waals surface area contributed by atoms with Gasteiger partial charge >= 0.3 is 0 Å². The zero-order valence-corrected chi connectivity index (χ0v) is 15.7. The van der Waals surface area contributed by atoms with E-state index in [2.05, 4.69) is 14.7 Å². The average Bonchev–Trinajstić information content (AvgIpc) is 3.33. The number of fused-ring (bicyclic) bond motifs is 1. The van der Waals surface area contributed by atoms with Crippen LogP contribution in [0.15, 0.2) is 30.5 Å². The summed E-state index contributed by atoms with van der Waals surface area (Å²) in [5.41, 5.74) is 1.55. The highest BCUT2D eigenvalue weighted by Gasteiger charge is 2.31. The summed E-state index contributed by atoms with van der Waals surface area (Å²) >= 11 is 6.29. The fourth-order valence-corrected chi connectivity index (χ4v) is 4.10. The molecule has 3 heterocycles. The largest absolute Gasteiger partial charge is 0.497 e. The predicted octanol–water partition coefficient (Wildman–Crippen LogP) is 2.84. The van der Waals surface area contributed by atoms with Crippen molar-refractivity contribution < 1.29 is 9.53 Å². The first kappa shape index (κ1) is 17.4. The Labute approximate surface area is 158 Å². The van der Waals surface area contributed by atoms with Crippen molar-refractivity contribution in [3.05, 3.63) is 46.7 Å². The molecule has 0 N–H and O–H groups in total. The van der Waals surface area contributed by atoms with Crippen molar-refractivity contribution in [2.45, 2.75) is 25.4 Å². The van der Waals surface area contributed by atoms with Crippen LogP contribution < -0.4 is 4.74 Å². The van der Waals surface area contributed by atoms with Crippen molar-refractivity contribution in [3.8, 4) is 5.75 Å². The Bertz CT molecular complexity index is 801. The fraction of sp³-hybridized carbons (Fsp3) is 0.474. The van der Waals surface area contributed by atoms with E-state index in [1.807, 2.05) is 17.2 Å². The first-order valence-electron chi connectivity index (χ1n) is 9.03. The number of hydrogen-bond donors (Lipinski definition) is 0. The average molecular weight is 375 g/mol. The topological polar surface area (TPSA) is 50.6 Å². The maximum Gasteiger partial charge on any atom is 0.255 e. The van der Waals surface area contributed by atoms with Gasteiger partial charge < -0.3 is 14.5 Å². The number of ether oxygens (including phenoxy) is 1. The zero-order chi connectivity index (χ0) is 18.1. The molecule has 1 amide bonds. The summed E-state index contributed by atoms with van der Waals surface area (Å²) in [6.45, 7) is 4.36. The number of carbonyl (C=O) groups excluding carboxylic acids is 1. The number of amides is 1. The second-order valence-corrected chi connectivity index (χ2v) is 7.37. The molecule has 1 atom stereocenters. The monoisotopic (exact) mass is 374 g/mol. The molecule has 0 spiro atoms. The number of aromatic nitrogens is 2. The molecular weight excluding hydrogens is 352 g/mol. The van der Waals surface area contributed by atoms with Gasteiger partial charge in [-0.25, -0.2) is 0 Å². The minimum absolute atomic E-state index is 0.0622. The Balaban J connectivity index is 1.58. The van der Waals surface area contributed by atoms with E-state index >= 15 is 0 Å². The summed E-state index contributed by atoms with van der Waals surface area (Å²) in [6.07, 6.45) is 4.32. The Morgan fingerprint density at radius 2 is 2.12 bits per heavy atom. The number of hydrogen-bond acceptors (Lipinski definition) is 4. The van der Waals surface area contributed by atoms with E-state index in [-0.39, 0.29) is 11.9 Å². The first-order chi connectivity index (χ1) is 12.7. The second kappa shape index (κ2) is 7.29. The molecule has 0 aliphatic carbocycles. The smallest absolute Gasteiger partial charge is 0.255 e. The third kappa shape index (κ3) is 3.31. The standard InChI is InChI=1S/C19H23ClN4O2/c1-26-16-4-5-18(20)17(10-16)19(25)23-12-14-6-7-21-24(14)15(13-23)11-22-8-2-3-9-22/h4-7,10,15H,2-3,8-9,11-13H2,1H3/t15-/m0/s1. The summed E-state index contributed by atoms with van der Waals surface area (Å²) < 4.78 is 7.33. The molecule has 6 nitrogen and oxygen atoms in total. The Hall–Kier alpha value is -2.05. The van der Waals surface area contributed by atoms with Crippen LogP contribution in [-0.2, 0) is 6.54 Å². The zero-order valence-electron chi connectivity index (χ0n) is 14.9. The molecular formula is C19H23ClN4O2. The van der Waals surface area contributed by atoms with Crippen LogP contribution in [0.1, 0.15) is 34.9 Å². The number of rotatable bonds is 4. The van der Waals surface area contributed by atoms with Crippen LogP contribution >= 0.6 is 11.6 Å². The predicted molar refractivity (Wildman–Crippen MR) is 99.7 cm³/mol. The highest BCUT2D eigenvalue weighted by atomic mass is 35.5. The van der Waals surface area contributed by atoms with Crippen LogP contribution in [0.4, 0.5) is 0 Å². The quantitative estimate of drug-likeness (QED) is 0.825. The molecule has 2 aliphatic heterocycles. The summed E-state index contributed by atoms with van der Waals surface area (Å²) in [5.74, 6) is 0.571. The van der Waals surface area contributed by atoms with Gasteiger partial charge in [-0.2, -0.15) is 5.10 Å². The number of nitrogens with zero attached hydrogens (tertiary/aromatic N) is 4. The number of likely N-dealkylation sites (tertiary alicyclic amines) is 1. The van der Waals surface area contributed by atoms with Gasteiger partial charge in [0, 0.05) is 19.3 Å². The number of halogens is 1. The van der Waals surface area contributed by atoms with Gasteiger partial charge in [-0.15, -0.1) is 0 Å². The van der Waals surface area contributed by atoms with Crippen molar-refractivity contribution in [2.75, 3.05) is 33.3 Å². The summed E-state index contributed by atoms with van der Waals surface area (Å²) in [4.78, 5) is 17.5. The molecule has 0 saturated carbocycles. The molecule has 1 saturated heterocycles. The van der Waals surface area contributed by atoms with Crippen LogP contribution in [0.2, 0.25) is 5.02 Å². The van der Waals surface area contributed by atoms with Crippen molar-refractivity contribution in [1.82, 2.24) is 19.6 Å².